The first-order valence-corrected chi connectivity index (χ1v) is 8.77. The van der Waals surface area contributed by atoms with E-state index < -0.39 is 12.5 Å². The third-order valence-electron chi connectivity index (χ3n) is 4.67. The molecular formula is C21H16F2N4O2. The van der Waals surface area contributed by atoms with Gasteiger partial charge in [0.15, 0.2) is 0 Å². The maximum Gasteiger partial charge on any atom is 0.387 e. The van der Waals surface area contributed by atoms with E-state index in [1.807, 2.05) is 37.3 Å². The first-order chi connectivity index (χ1) is 14.0. The summed E-state index contributed by atoms with van der Waals surface area (Å²) in [6.07, 6.45) is 0. The third-order valence-corrected chi connectivity index (χ3v) is 4.67. The molecule has 8 heteroatoms. The van der Waals surface area contributed by atoms with Crippen molar-refractivity contribution in [2.45, 2.75) is 19.5 Å². The van der Waals surface area contributed by atoms with Crippen LogP contribution >= 0.6 is 0 Å². The maximum absolute atomic E-state index is 12.4. The summed E-state index contributed by atoms with van der Waals surface area (Å²) in [4.78, 5) is 0. The van der Waals surface area contributed by atoms with Gasteiger partial charge in [0.05, 0.1) is 22.9 Å². The van der Waals surface area contributed by atoms with Crippen LogP contribution in [-0.4, -0.2) is 16.4 Å². The molecule has 2 aromatic carbocycles. The minimum absolute atomic E-state index is 0.0185. The number of ether oxygens (including phenoxy) is 2. The molecule has 0 fully saturated rings. The quantitative estimate of drug-likeness (QED) is 0.723. The van der Waals surface area contributed by atoms with Gasteiger partial charge >= 0.3 is 6.61 Å². The molecule has 0 saturated carbocycles. The summed E-state index contributed by atoms with van der Waals surface area (Å²) in [6.45, 7) is -1.09. The number of fused-ring (bicyclic) bond motifs is 1. The lowest BCUT2D eigenvalue weighted by molar-refractivity contribution is -0.0498. The largest absolute Gasteiger partial charge is 0.435 e. The van der Waals surface area contributed by atoms with E-state index in [1.54, 1.807) is 16.8 Å². The van der Waals surface area contributed by atoms with Crippen LogP contribution in [0.3, 0.4) is 0 Å². The highest BCUT2D eigenvalue weighted by molar-refractivity contribution is 5.57. The molecule has 1 aromatic heterocycles. The van der Waals surface area contributed by atoms with Gasteiger partial charge in [0.25, 0.3) is 0 Å². The fourth-order valence-corrected chi connectivity index (χ4v) is 3.43. The number of halogens is 2. The Morgan fingerprint density at radius 2 is 1.86 bits per heavy atom. The fraction of sp³-hybridized carbons (Fsp3) is 0.143. The van der Waals surface area contributed by atoms with E-state index in [0.29, 0.717) is 22.7 Å². The smallest absolute Gasteiger partial charge is 0.387 e. The number of hydrogen-bond donors (Lipinski definition) is 1. The molecular weight excluding hydrogens is 378 g/mol. The first kappa shape index (κ1) is 18.5. The Balaban J connectivity index is 1.85. The van der Waals surface area contributed by atoms with Gasteiger partial charge < -0.3 is 15.2 Å². The Hall–Kier alpha value is -3.86. The Kier molecular flexibility index (Phi) is 4.64. The fourth-order valence-electron chi connectivity index (χ4n) is 3.43. The molecule has 1 atom stereocenters. The van der Waals surface area contributed by atoms with Gasteiger partial charge in [-0.2, -0.15) is 19.1 Å². The van der Waals surface area contributed by atoms with Crippen molar-refractivity contribution in [2.75, 3.05) is 0 Å². The average Bonchev–Trinajstić information content (AvgIpc) is 3.04. The van der Waals surface area contributed by atoms with Gasteiger partial charge in [0.2, 0.25) is 11.8 Å². The molecule has 146 valence electrons. The molecule has 0 radical (unpaired) electrons. The molecule has 6 nitrogen and oxygen atoms in total. The minimum atomic E-state index is -2.91. The number of nitrogens with two attached hydrogens (primary N) is 1. The van der Waals surface area contributed by atoms with Crippen LogP contribution in [0.5, 0.6) is 11.6 Å². The van der Waals surface area contributed by atoms with Crippen LogP contribution in [0.25, 0.3) is 5.69 Å². The highest BCUT2D eigenvalue weighted by Crippen LogP contribution is 2.44. The van der Waals surface area contributed by atoms with E-state index in [1.165, 1.54) is 12.1 Å². The topological polar surface area (TPSA) is 86.1 Å². The SMILES string of the molecule is Cc1nn(-c2ccccc2)c2c1C(c1ccc(OC(F)F)cc1)C(C#N)=C(N)O2. The second-order valence-corrected chi connectivity index (χ2v) is 6.42. The van der Waals surface area contributed by atoms with Crippen LogP contribution in [0.4, 0.5) is 8.78 Å². The second kappa shape index (κ2) is 7.28. The summed E-state index contributed by atoms with van der Waals surface area (Å²) in [6, 6.07) is 17.6. The van der Waals surface area contributed by atoms with E-state index in [0.717, 1.165) is 5.69 Å². The number of allylic oxidation sites excluding steroid dienone is 1. The Morgan fingerprint density at radius 1 is 1.17 bits per heavy atom. The lowest BCUT2D eigenvalue weighted by Crippen LogP contribution is -2.22. The van der Waals surface area contributed by atoms with E-state index in [9.17, 15) is 14.0 Å². The summed E-state index contributed by atoms with van der Waals surface area (Å²) in [5.74, 6) is -0.108. The molecule has 2 heterocycles. The highest BCUT2D eigenvalue weighted by Gasteiger charge is 2.36. The molecule has 0 amide bonds. The van der Waals surface area contributed by atoms with Crippen LogP contribution in [0.15, 0.2) is 66.1 Å². The second-order valence-electron chi connectivity index (χ2n) is 6.42. The number of aromatic nitrogens is 2. The summed E-state index contributed by atoms with van der Waals surface area (Å²) < 4.78 is 36.7. The van der Waals surface area contributed by atoms with E-state index in [2.05, 4.69) is 15.9 Å². The Bertz CT molecular complexity index is 1120. The Morgan fingerprint density at radius 3 is 2.48 bits per heavy atom. The number of rotatable bonds is 4. The molecule has 0 bridgehead atoms. The Labute approximate surface area is 165 Å². The van der Waals surface area contributed by atoms with Gasteiger partial charge in [-0.15, -0.1) is 0 Å². The molecule has 1 aliphatic rings. The van der Waals surface area contributed by atoms with Crippen molar-refractivity contribution in [2.24, 2.45) is 5.73 Å². The zero-order chi connectivity index (χ0) is 20.5. The average molecular weight is 394 g/mol. The molecule has 0 aliphatic carbocycles. The molecule has 2 N–H and O–H groups in total. The van der Waals surface area contributed by atoms with Crippen LogP contribution in [0, 0.1) is 18.3 Å². The maximum atomic E-state index is 12.4. The van der Waals surface area contributed by atoms with Crippen molar-refractivity contribution in [1.29, 1.82) is 5.26 Å². The van der Waals surface area contributed by atoms with E-state index in [4.69, 9.17) is 10.5 Å². The van der Waals surface area contributed by atoms with Crippen molar-refractivity contribution in [3.05, 3.63) is 82.9 Å². The molecule has 1 aliphatic heterocycles. The standard InChI is InChI=1S/C21H16F2N4O2/c1-12-17-18(13-7-9-15(10-8-13)28-21(22)23)16(11-24)19(25)29-20(17)27(26-12)14-5-3-2-4-6-14/h2-10,18,21H,25H2,1H3. The normalized spacial score (nSPS) is 15.6. The summed E-state index contributed by atoms with van der Waals surface area (Å²) in [7, 11) is 0. The summed E-state index contributed by atoms with van der Waals surface area (Å²) in [5, 5.41) is 14.3. The number of benzene rings is 2. The number of para-hydroxylation sites is 1. The number of nitriles is 1. The van der Waals surface area contributed by atoms with Gasteiger partial charge in [-0.1, -0.05) is 30.3 Å². The number of aryl methyl sites for hydroxylation is 1. The van der Waals surface area contributed by atoms with Crippen LogP contribution < -0.4 is 15.2 Å². The van der Waals surface area contributed by atoms with E-state index >= 15 is 0 Å². The van der Waals surface area contributed by atoms with E-state index in [-0.39, 0.29) is 17.2 Å². The predicted molar refractivity (Wildman–Crippen MR) is 101 cm³/mol. The van der Waals surface area contributed by atoms with Gasteiger partial charge in [0.1, 0.15) is 17.4 Å². The minimum Gasteiger partial charge on any atom is -0.435 e. The number of nitrogens with zero attached hydrogens (tertiary/aromatic N) is 3. The predicted octanol–water partition coefficient (Wildman–Crippen LogP) is 4.00. The number of hydrogen-bond acceptors (Lipinski definition) is 5. The molecule has 29 heavy (non-hydrogen) atoms. The first-order valence-electron chi connectivity index (χ1n) is 8.77. The van der Waals surface area contributed by atoms with Crippen molar-refractivity contribution in [1.82, 2.24) is 9.78 Å². The zero-order valence-electron chi connectivity index (χ0n) is 15.3. The summed E-state index contributed by atoms with van der Waals surface area (Å²) in [5.41, 5.74) is 9.12. The lowest BCUT2D eigenvalue weighted by Gasteiger charge is -2.25. The van der Waals surface area contributed by atoms with Gasteiger partial charge in [0, 0.05) is 0 Å². The van der Waals surface area contributed by atoms with Gasteiger partial charge in [-0.05, 0) is 36.8 Å². The van der Waals surface area contributed by atoms with Gasteiger partial charge in [-0.25, -0.2) is 4.68 Å². The van der Waals surface area contributed by atoms with Crippen LogP contribution in [-0.2, 0) is 0 Å². The van der Waals surface area contributed by atoms with Crippen molar-refractivity contribution >= 4 is 0 Å². The lowest BCUT2D eigenvalue weighted by atomic mass is 9.84. The van der Waals surface area contributed by atoms with Crippen LogP contribution in [0.2, 0.25) is 0 Å². The highest BCUT2D eigenvalue weighted by atomic mass is 19.3. The monoisotopic (exact) mass is 394 g/mol. The molecule has 1 unspecified atom stereocenters. The number of alkyl halides is 2. The van der Waals surface area contributed by atoms with Crippen molar-refractivity contribution < 1.29 is 18.3 Å². The third kappa shape index (κ3) is 3.27. The molecule has 4 rings (SSSR count). The molecule has 0 spiro atoms. The van der Waals surface area contributed by atoms with Crippen molar-refractivity contribution in [3.8, 4) is 23.4 Å². The van der Waals surface area contributed by atoms with Crippen LogP contribution in [0.1, 0.15) is 22.7 Å². The molecule has 0 saturated heterocycles. The van der Waals surface area contributed by atoms with Crippen molar-refractivity contribution in [3.63, 3.8) is 0 Å². The zero-order valence-corrected chi connectivity index (χ0v) is 15.3. The summed E-state index contributed by atoms with van der Waals surface area (Å²) >= 11 is 0. The molecule has 3 aromatic rings. The van der Waals surface area contributed by atoms with Gasteiger partial charge in [-0.3, -0.25) is 0 Å².